The van der Waals surface area contributed by atoms with Gasteiger partial charge in [-0.05, 0) is 69.2 Å². The quantitative estimate of drug-likeness (QED) is 0.473. The van der Waals surface area contributed by atoms with Crippen molar-refractivity contribution in [2.45, 2.75) is 70.1 Å². The molecule has 0 bridgehead atoms. The number of ether oxygens (including phenoxy) is 2. The van der Waals surface area contributed by atoms with Crippen LogP contribution in [0.15, 0.2) is 36.5 Å². The van der Waals surface area contributed by atoms with Crippen LogP contribution in [0.25, 0.3) is 10.9 Å². The molecule has 37 heavy (non-hydrogen) atoms. The minimum atomic E-state index is 0.0228. The first-order chi connectivity index (χ1) is 18.2. The first-order valence-electron chi connectivity index (χ1n) is 13.8. The fourth-order valence-corrected chi connectivity index (χ4v) is 6.90. The smallest absolute Gasteiger partial charge is 0.273 e. The lowest BCUT2D eigenvalue weighted by molar-refractivity contribution is 0.0254. The van der Waals surface area contributed by atoms with Gasteiger partial charge in [-0.2, -0.15) is 0 Å². The summed E-state index contributed by atoms with van der Waals surface area (Å²) in [5.74, 6) is 0.758. The predicted octanol–water partition coefficient (Wildman–Crippen LogP) is 4.99. The standard InChI is InChI=1S/C29H36N4O3S/c34-28(24-3-1-5-25-23(24)4-2-14-30-25)31-21-8-6-20(7-9-21)10-15-33-16-11-27-26(19-33)32-29(37-27)36-22-12-17-35-18-13-22/h1-5,14,20-22H,6-13,15-19H2,(H,31,34)/t20-,21-. The minimum absolute atomic E-state index is 0.0228. The molecule has 8 heteroatoms. The minimum Gasteiger partial charge on any atom is -0.467 e. The number of hydrogen-bond donors (Lipinski definition) is 1. The highest BCUT2D eigenvalue weighted by Crippen LogP contribution is 2.33. The molecule has 0 atom stereocenters. The molecule has 1 N–H and O–H groups in total. The Balaban J connectivity index is 0.947. The van der Waals surface area contributed by atoms with E-state index in [0.717, 1.165) is 92.5 Å². The number of carbonyl (C=O) groups excluding carboxylic acids is 1. The molecule has 1 saturated carbocycles. The van der Waals surface area contributed by atoms with Crippen LogP contribution in [-0.4, -0.2) is 59.2 Å². The van der Waals surface area contributed by atoms with E-state index in [0.29, 0.717) is 0 Å². The maximum absolute atomic E-state index is 13.0. The van der Waals surface area contributed by atoms with Gasteiger partial charge in [-0.15, -0.1) is 0 Å². The van der Waals surface area contributed by atoms with Crippen molar-refractivity contribution in [2.75, 3.05) is 26.3 Å². The van der Waals surface area contributed by atoms with Crippen molar-refractivity contribution in [3.05, 3.63) is 52.7 Å². The number of thiazole rings is 1. The third-order valence-corrected chi connectivity index (χ3v) is 9.20. The second-order valence-corrected chi connectivity index (χ2v) is 11.7. The summed E-state index contributed by atoms with van der Waals surface area (Å²) in [4.78, 5) is 26.2. The molecule has 3 aliphatic rings. The Morgan fingerprint density at radius 2 is 1.97 bits per heavy atom. The molecule has 6 rings (SSSR count). The van der Waals surface area contributed by atoms with Gasteiger partial charge in [0.05, 0.1) is 24.4 Å². The molecule has 3 aromatic rings. The summed E-state index contributed by atoms with van der Waals surface area (Å²) in [6.07, 6.45) is 10.7. The average molecular weight is 521 g/mol. The van der Waals surface area contributed by atoms with Crippen molar-refractivity contribution >= 4 is 28.1 Å². The number of benzene rings is 1. The van der Waals surface area contributed by atoms with E-state index in [9.17, 15) is 4.79 Å². The van der Waals surface area contributed by atoms with Gasteiger partial charge in [0.2, 0.25) is 0 Å². The number of fused-ring (bicyclic) bond motifs is 2. The molecular formula is C29H36N4O3S. The van der Waals surface area contributed by atoms with Crippen molar-refractivity contribution in [2.24, 2.45) is 5.92 Å². The van der Waals surface area contributed by atoms with Crippen LogP contribution < -0.4 is 10.1 Å². The number of nitrogens with zero attached hydrogens (tertiary/aromatic N) is 3. The van der Waals surface area contributed by atoms with Gasteiger partial charge < -0.3 is 14.8 Å². The lowest BCUT2D eigenvalue weighted by Crippen LogP contribution is -2.38. The van der Waals surface area contributed by atoms with Crippen LogP contribution in [0.4, 0.5) is 0 Å². The van der Waals surface area contributed by atoms with Crippen molar-refractivity contribution < 1.29 is 14.3 Å². The monoisotopic (exact) mass is 520 g/mol. The molecule has 2 aromatic heterocycles. The molecule has 0 radical (unpaired) electrons. The van der Waals surface area contributed by atoms with E-state index in [4.69, 9.17) is 14.5 Å². The number of carbonyl (C=O) groups is 1. The molecule has 1 aromatic carbocycles. The van der Waals surface area contributed by atoms with Crippen LogP contribution in [0.2, 0.25) is 0 Å². The zero-order valence-corrected chi connectivity index (χ0v) is 22.2. The van der Waals surface area contributed by atoms with E-state index < -0.39 is 0 Å². The zero-order chi connectivity index (χ0) is 25.0. The summed E-state index contributed by atoms with van der Waals surface area (Å²) in [7, 11) is 0. The second-order valence-electron chi connectivity index (χ2n) is 10.7. The third kappa shape index (κ3) is 5.97. The number of pyridine rings is 1. The largest absolute Gasteiger partial charge is 0.467 e. The summed E-state index contributed by atoms with van der Waals surface area (Å²) in [6, 6.07) is 9.89. The molecule has 1 saturated heterocycles. The topological polar surface area (TPSA) is 76.6 Å². The van der Waals surface area contributed by atoms with E-state index in [1.165, 1.54) is 29.8 Å². The Labute approximate surface area is 222 Å². The van der Waals surface area contributed by atoms with Crippen LogP contribution in [-0.2, 0) is 17.7 Å². The number of aromatic nitrogens is 2. The predicted molar refractivity (Wildman–Crippen MR) is 145 cm³/mol. The molecule has 2 aliphatic heterocycles. The Bertz CT molecular complexity index is 1210. The van der Waals surface area contributed by atoms with Crippen molar-refractivity contribution in [1.82, 2.24) is 20.2 Å². The van der Waals surface area contributed by atoms with E-state index in [1.54, 1.807) is 17.5 Å². The maximum Gasteiger partial charge on any atom is 0.273 e. The lowest BCUT2D eigenvalue weighted by atomic mass is 9.84. The van der Waals surface area contributed by atoms with E-state index in [-0.39, 0.29) is 18.1 Å². The van der Waals surface area contributed by atoms with Crippen LogP contribution in [0.5, 0.6) is 5.19 Å². The summed E-state index contributed by atoms with van der Waals surface area (Å²) in [6.45, 7) is 4.75. The van der Waals surface area contributed by atoms with Crippen molar-refractivity contribution in [3.8, 4) is 5.19 Å². The van der Waals surface area contributed by atoms with Gasteiger partial charge >= 0.3 is 0 Å². The van der Waals surface area contributed by atoms with E-state index >= 15 is 0 Å². The first kappa shape index (κ1) is 24.8. The molecule has 1 aliphatic carbocycles. The van der Waals surface area contributed by atoms with Gasteiger partial charge in [-0.25, -0.2) is 4.98 Å². The number of amides is 1. The summed E-state index contributed by atoms with van der Waals surface area (Å²) < 4.78 is 11.6. The number of nitrogens with one attached hydrogen (secondary N) is 1. The average Bonchev–Trinajstić information content (AvgIpc) is 3.34. The Kier molecular flexibility index (Phi) is 7.67. The molecule has 1 amide bonds. The lowest BCUT2D eigenvalue weighted by Gasteiger charge is -2.32. The second kappa shape index (κ2) is 11.5. The highest BCUT2D eigenvalue weighted by Gasteiger charge is 2.26. The summed E-state index contributed by atoms with van der Waals surface area (Å²) in [5.41, 5.74) is 2.80. The SMILES string of the molecule is O=C(N[C@H]1CC[C@H](CCN2CCc3sc(OC4CCOCC4)nc3C2)CC1)c1cccc2ncccc12. The van der Waals surface area contributed by atoms with Gasteiger partial charge in [0.15, 0.2) is 0 Å². The van der Waals surface area contributed by atoms with Gasteiger partial charge in [0.1, 0.15) is 6.10 Å². The fraction of sp³-hybridized carbons (Fsp3) is 0.552. The summed E-state index contributed by atoms with van der Waals surface area (Å²) >= 11 is 1.74. The van der Waals surface area contributed by atoms with E-state index in [2.05, 4.69) is 15.2 Å². The van der Waals surface area contributed by atoms with Crippen molar-refractivity contribution in [1.29, 1.82) is 0 Å². The highest BCUT2D eigenvalue weighted by molar-refractivity contribution is 7.13. The summed E-state index contributed by atoms with van der Waals surface area (Å²) in [5, 5.41) is 5.06. The van der Waals surface area contributed by atoms with Gasteiger partial charge in [-0.3, -0.25) is 14.7 Å². The molecule has 0 spiro atoms. The Hall–Kier alpha value is -2.55. The normalized spacial score (nSPS) is 23.0. The first-order valence-corrected chi connectivity index (χ1v) is 14.6. The van der Waals surface area contributed by atoms with Crippen LogP contribution in [0.3, 0.4) is 0 Å². The maximum atomic E-state index is 13.0. The van der Waals surface area contributed by atoms with Gasteiger partial charge in [0.25, 0.3) is 11.1 Å². The zero-order valence-electron chi connectivity index (χ0n) is 21.4. The van der Waals surface area contributed by atoms with Gasteiger partial charge in [-0.1, -0.05) is 23.5 Å². The van der Waals surface area contributed by atoms with Crippen LogP contribution in [0.1, 0.15) is 65.9 Å². The fourth-order valence-electron chi connectivity index (χ4n) is 5.93. The third-order valence-electron chi connectivity index (χ3n) is 8.15. The molecular weight excluding hydrogens is 484 g/mol. The number of rotatable bonds is 7. The van der Waals surface area contributed by atoms with Crippen molar-refractivity contribution in [3.63, 3.8) is 0 Å². The van der Waals surface area contributed by atoms with Crippen LogP contribution >= 0.6 is 11.3 Å². The van der Waals surface area contributed by atoms with E-state index in [1.807, 2.05) is 30.3 Å². The molecule has 196 valence electrons. The molecule has 0 unspecified atom stereocenters. The highest BCUT2D eigenvalue weighted by atomic mass is 32.1. The molecule has 7 nitrogen and oxygen atoms in total. The number of hydrogen-bond acceptors (Lipinski definition) is 7. The molecule has 4 heterocycles. The van der Waals surface area contributed by atoms with Gasteiger partial charge in [0, 0.05) is 54.0 Å². The molecule has 2 fully saturated rings. The Morgan fingerprint density at radius 1 is 1.11 bits per heavy atom. The van der Waals surface area contributed by atoms with Crippen LogP contribution in [0, 0.1) is 5.92 Å². The Morgan fingerprint density at radius 3 is 2.84 bits per heavy atom.